The van der Waals surface area contributed by atoms with E-state index in [9.17, 15) is 9.59 Å². The molecule has 0 saturated carbocycles. The van der Waals surface area contributed by atoms with E-state index in [1.807, 2.05) is 67.6 Å². The molecule has 0 spiro atoms. The van der Waals surface area contributed by atoms with Crippen LogP contribution in [0.25, 0.3) is 0 Å². The highest BCUT2D eigenvalue weighted by Gasteiger charge is 2.46. The fourth-order valence-electron chi connectivity index (χ4n) is 3.48. The van der Waals surface area contributed by atoms with E-state index in [2.05, 4.69) is 24.3 Å². The van der Waals surface area contributed by atoms with Crippen molar-refractivity contribution in [2.45, 2.75) is 23.3 Å². The van der Waals surface area contributed by atoms with Crippen molar-refractivity contribution in [3.05, 3.63) is 107 Å². The van der Waals surface area contributed by atoms with E-state index in [0.717, 1.165) is 5.56 Å². The molecule has 0 bridgehead atoms. The Labute approximate surface area is 173 Å². The monoisotopic (exact) mass is 404 g/mol. The molecule has 1 aliphatic heterocycles. The summed E-state index contributed by atoms with van der Waals surface area (Å²) in [6.45, 7) is 2.04. The number of benzene rings is 3. The number of carbonyl (C=O) groups excluding carboxylic acids is 2. The van der Waals surface area contributed by atoms with Gasteiger partial charge in [-0.3, -0.25) is 9.59 Å². The van der Waals surface area contributed by atoms with Crippen molar-refractivity contribution in [1.82, 2.24) is 0 Å². The number of Topliss-reactive ketones (excluding diaryl/α,β-unsaturated/α-hetero) is 2. The summed E-state index contributed by atoms with van der Waals surface area (Å²) in [5.74, 6) is 0.0232. The average molecular weight is 405 g/mol. The van der Waals surface area contributed by atoms with Crippen molar-refractivity contribution in [3.8, 4) is 0 Å². The smallest absolute Gasteiger partial charge is 0.177 e. The average Bonchev–Trinajstić information content (AvgIpc) is 3.19. The van der Waals surface area contributed by atoms with Crippen LogP contribution in [0.3, 0.4) is 0 Å². The first-order valence-corrected chi connectivity index (χ1v) is 11.5. The third-order valence-electron chi connectivity index (χ3n) is 5.01. The van der Waals surface area contributed by atoms with Gasteiger partial charge in [0.15, 0.2) is 11.6 Å². The lowest BCUT2D eigenvalue weighted by atomic mass is 9.85. The molecule has 2 unspecified atom stereocenters. The standard InChI is InChI=1S/C24H20O2S2/c1-16-12-14-17(15-13-16)20-23(21(25)18-8-4-2-5-9-18)27-28-24(20)22(26)19-10-6-3-7-11-19/h2-15,20,23-24H,1H3. The molecule has 1 saturated heterocycles. The minimum atomic E-state index is -0.284. The third-order valence-corrected chi connectivity index (χ3v) is 8.13. The highest BCUT2D eigenvalue weighted by molar-refractivity contribution is 8.78. The van der Waals surface area contributed by atoms with Gasteiger partial charge in [-0.15, -0.1) is 0 Å². The Morgan fingerprint density at radius 1 is 0.643 bits per heavy atom. The lowest BCUT2D eigenvalue weighted by molar-refractivity contribution is 0.0958. The van der Waals surface area contributed by atoms with E-state index >= 15 is 0 Å². The molecule has 0 aromatic heterocycles. The molecule has 2 nitrogen and oxygen atoms in total. The number of aryl methyl sites for hydroxylation is 1. The van der Waals surface area contributed by atoms with Crippen LogP contribution in [0.4, 0.5) is 0 Å². The lowest BCUT2D eigenvalue weighted by Crippen LogP contribution is -2.31. The van der Waals surface area contributed by atoms with E-state index < -0.39 is 0 Å². The number of carbonyl (C=O) groups is 2. The zero-order chi connectivity index (χ0) is 19.5. The second-order valence-electron chi connectivity index (χ2n) is 6.93. The first kappa shape index (κ1) is 19.0. The SMILES string of the molecule is Cc1ccc(C2C(C(=O)c3ccccc3)SSC2C(=O)c2ccccc2)cc1. The zero-order valence-corrected chi connectivity index (χ0v) is 17.1. The molecule has 4 rings (SSSR count). The molecule has 0 aliphatic carbocycles. The van der Waals surface area contributed by atoms with E-state index in [1.54, 1.807) is 0 Å². The van der Waals surface area contributed by atoms with Gasteiger partial charge in [0.05, 0.1) is 10.5 Å². The summed E-state index contributed by atoms with van der Waals surface area (Å²) in [7, 11) is 3.06. The minimum absolute atomic E-state index is 0.0898. The summed E-state index contributed by atoms with van der Waals surface area (Å²) < 4.78 is 0. The van der Waals surface area contributed by atoms with Gasteiger partial charge in [0, 0.05) is 17.0 Å². The van der Waals surface area contributed by atoms with E-state index in [0.29, 0.717) is 11.1 Å². The highest BCUT2D eigenvalue weighted by Crippen LogP contribution is 2.54. The van der Waals surface area contributed by atoms with Crippen molar-refractivity contribution in [1.29, 1.82) is 0 Å². The number of hydrogen-bond donors (Lipinski definition) is 0. The maximum atomic E-state index is 13.3. The summed E-state index contributed by atoms with van der Waals surface area (Å²) >= 11 is 0. The molecule has 1 fully saturated rings. The molecule has 3 aromatic rings. The van der Waals surface area contributed by atoms with Crippen LogP contribution in [0.2, 0.25) is 0 Å². The van der Waals surface area contributed by atoms with Crippen molar-refractivity contribution in [3.63, 3.8) is 0 Å². The summed E-state index contributed by atoms with van der Waals surface area (Å²) in [5.41, 5.74) is 3.61. The zero-order valence-electron chi connectivity index (χ0n) is 15.4. The van der Waals surface area contributed by atoms with Crippen LogP contribution in [-0.4, -0.2) is 22.1 Å². The summed E-state index contributed by atoms with van der Waals surface area (Å²) in [5, 5.41) is -0.569. The predicted octanol–water partition coefficient (Wildman–Crippen LogP) is 5.98. The molecule has 1 aliphatic rings. The van der Waals surface area contributed by atoms with Crippen LogP contribution in [0.5, 0.6) is 0 Å². The van der Waals surface area contributed by atoms with Crippen molar-refractivity contribution < 1.29 is 9.59 Å². The Bertz CT molecular complexity index is 909. The highest BCUT2D eigenvalue weighted by atomic mass is 33.1. The normalized spacial score (nSPS) is 21.4. The van der Waals surface area contributed by atoms with Crippen LogP contribution in [-0.2, 0) is 0 Å². The van der Waals surface area contributed by atoms with Crippen molar-refractivity contribution >= 4 is 33.2 Å². The first-order chi connectivity index (χ1) is 13.6. The Morgan fingerprint density at radius 3 is 1.50 bits per heavy atom. The second kappa shape index (κ2) is 8.38. The van der Waals surface area contributed by atoms with Gasteiger partial charge >= 0.3 is 0 Å². The van der Waals surface area contributed by atoms with Crippen LogP contribution in [0.15, 0.2) is 84.9 Å². The Kier molecular flexibility index (Phi) is 5.69. The van der Waals surface area contributed by atoms with Crippen molar-refractivity contribution in [2.75, 3.05) is 0 Å². The molecule has 0 N–H and O–H groups in total. The predicted molar refractivity (Wildman–Crippen MR) is 118 cm³/mol. The van der Waals surface area contributed by atoms with Crippen LogP contribution >= 0.6 is 21.6 Å². The van der Waals surface area contributed by atoms with Gasteiger partial charge in [-0.05, 0) is 12.5 Å². The first-order valence-electron chi connectivity index (χ1n) is 9.22. The van der Waals surface area contributed by atoms with Gasteiger partial charge < -0.3 is 0 Å². The maximum Gasteiger partial charge on any atom is 0.177 e. The van der Waals surface area contributed by atoms with Gasteiger partial charge in [-0.25, -0.2) is 0 Å². The fraction of sp³-hybridized carbons (Fsp3) is 0.167. The molecule has 4 heteroatoms. The van der Waals surface area contributed by atoms with Gasteiger partial charge in [-0.2, -0.15) is 0 Å². The summed E-state index contributed by atoms with van der Waals surface area (Å²) in [4.78, 5) is 26.5. The van der Waals surface area contributed by atoms with E-state index in [4.69, 9.17) is 0 Å². The van der Waals surface area contributed by atoms with Gasteiger partial charge in [0.1, 0.15) is 0 Å². The Hall–Kier alpha value is -2.30. The molecule has 3 aromatic carbocycles. The molecule has 0 radical (unpaired) electrons. The van der Waals surface area contributed by atoms with Crippen LogP contribution in [0.1, 0.15) is 37.8 Å². The third kappa shape index (κ3) is 3.80. The van der Waals surface area contributed by atoms with Gasteiger partial charge in [-0.1, -0.05) is 112 Å². The molecule has 140 valence electrons. The molecule has 2 atom stereocenters. The molecule has 28 heavy (non-hydrogen) atoms. The van der Waals surface area contributed by atoms with Crippen molar-refractivity contribution in [2.24, 2.45) is 0 Å². The fourth-order valence-corrected chi connectivity index (χ4v) is 7.10. The lowest BCUT2D eigenvalue weighted by Gasteiger charge is -2.22. The van der Waals surface area contributed by atoms with Gasteiger partial charge in [0.2, 0.25) is 0 Å². The number of rotatable bonds is 5. The van der Waals surface area contributed by atoms with Gasteiger partial charge in [0.25, 0.3) is 0 Å². The molecular weight excluding hydrogens is 384 g/mol. The minimum Gasteiger partial charge on any atom is -0.293 e. The topological polar surface area (TPSA) is 34.1 Å². The Morgan fingerprint density at radius 2 is 1.07 bits per heavy atom. The molecule has 1 heterocycles. The molecule has 0 amide bonds. The van der Waals surface area contributed by atoms with Crippen LogP contribution < -0.4 is 0 Å². The van der Waals surface area contributed by atoms with E-state index in [1.165, 1.54) is 27.2 Å². The largest absolute Gasteiger partial charge is 0.293 e. The maximum absolute atomic E-state index is 13.3. The number of ketones is 2. The quantitative estimate of drug-likeness (QED) is 0.387. The number of hydrogen-bond acceptors (Lipinski definition) is 4. The second-order valence-corrected chi connectivity index (χ2v) is 9.49. The Balaban J connectivity index is 1.72. The molecular formula is C24H20O2S2. The van der Waals surface area contributed by atoms with Crippen LogP contribution in [0, 0.1) is 6.92 Å². The van der Waals surface area contributed by atoms with E-state index in [-0.39, 0.29) is 28.0 Å². The summed E-state index contributed by atoms with van der Waals surface area (Å²) in [6, 6.07) is 27.0. The summed E-state index contributed by atoms with van der Waals surface area (Å²) in [6.07, 6.45) is 0.